The minimum Gasteiger partial charge on any atom is -0.356 e. The second-order valence-electron chi connectivity index (χ2n) is 9.47. The second kappa shape index (κ2) is 8.58. The topological polar surface area (TPSA) is 111 Å². The monoisotopic (exact) mass is 458 g/mol. The van der Waals surface area contributed by atoms with Crippen LogP contribution in [-0.4, -0.2) is 59.1 Å². The van der Waals surface area contributed by atoms with Gasteiger partial charge in [0.2, 0.25) is 11.8 Å². The number of nitrogens with one attached hydrogen (secondary N) is 3. The predicted molar refractivity (Wildman–Crippen MR) is 120 cm³/mol. The zero-order valence-electron chi connectivity index (χ0n) is 18.1. The molecule has 0 radical (unpaired) electrons. The van der Waals surface area contributed by atoms with Gasteiger partial charge < -0.3 is 25.3 Å². The van der Waals surface area contributed by atoms with Crippen molar-refractivity contribution in [3.63, 3.8) is 0 Å². The van der Waals surface area contributed by atoms with Crippen LogP contribution in [-0.2, 0) is 14.4 Å². The van der Waals surface area contributed by atoms with Crippen LogP contribution in [0.25, 0.3) is 10.9 Å². The summed E-state index contributed by atoms with van der Waals surface area (Å²) in [5.41, 5.74) is 0.773. The Kier molecular flexibility index (Phi) is 5.99. The van der Waals surface area contributed by atoms with E-state index in [1.807, 2.05) is 26.0 Å². The van der Waals surface area contributed by atoms with Gasteiger partial charge in [-0.1, -0.05) is 37.6 Å². The lowest BCUT2D eigenvalue weighted by atomic mass is 9.90. The van der Waals surface area contributed by atoms with Gasteiger partial charge in [0.05, 0.1) is 16.6 Å². The first-order valence-electron chi connectivity index (χ1n) is 10.8. The van der Waals surface area contributed by atoms with Gasteiger partial charge in [-0.15, -0.1) is 0 Å². The Balaban J connectivity index is 1.52. The lowest BCUT2D eigenvalue weighted by Crippen LogP contribution is -2.49. The number of fused-ring (bicyclic) bond motifs is 1. The molecule has 1 aromatic heterocycles. The number of amides is 3. The highest BCUT2D eigenvalue weighted by atomic mass is 35.5. The highest BCUT2D eigenvalue weighted by molar-refractivity contribution is 6.35. The molecule has 32 heavy (non-hydrogen) atoms. The molecule has 4 rings (SSSR count). The summed E-state index contributed by atoms with van der Waals surface area (Å²) in [6.07, 6.45) is 2.03. The summed E-state index contributed by atoms with van der Waals surface area (Å²) in [5, 5.41) is 6.83. The van der Waals surface area contributed by atoms with Crippen LogP contribution in [0.3, 0.4) is 0 Å². The van der Waals surface area contributed by atoms with Crippen molar-refractivity contribution in [2.45, 2.75) is 45.2 Å². The number of benzene rings is 1. The minimum absolute atomic E-state index is 0.0950. The third-order valence-electron chi connectivity index (χ3n) is 6.31. The van der Waals surface area contributed by atoms with Crippen LogP contribution in [0.1, 0.15) is 43.6 Å². The molecule has 1 aromatic carbocycles. The summed E-state index contributed by atoms with van der Waals surface area (Å²) in [6.45, 7) is 4.99. The summed E-state index contributed by atoms with van der Waals surface area (Å²) in [4.78, 5) is 54.6. The van der Waals surface area contributed by atoms with E-state index in [2.05, 4.69) is 15.6 Å². The molecule has 8 nitrogen and oxygen atoms in total. The second-order valence-corrected chi connectivity index (χ2v) is 9.87. The van der Waals surface area contributed by atoms with Crippen LogP contribution in [0, 0.1) is 11.3 Å². The van der Waals surface area contributed by atoms with E-state index in [0.29, 0.717) is 48.5 Å². The van der Waals surface area contributed by atoms with Crippen molar-refractivity contribution in [2.24, 2.45) is 11.3 Å². The van der Waals surface area contributed by atoms with E-state index in [1.54, 1.807) is 17.0 Å². The fourth-order valence-corrected chi connectivity index (χ4v) is 4.94. The number of aldehydes is 1. The number of aromatic amines is 1. The van der Waals surface area contributed by atoms with Crippen molar-refractivity contribution in [1.29, 1.82) is 0 Å². The number of halogens is 1. The molecule has 0 bridgehead atoms. The summed E-state index contributed by atoms with van der Waals surface area (Å²) in [5.74, 6) is -1.06. The fraction of sp³-hybridized carbons (Fsp3) is 0.478. The van der Waals surface area contributed by atoms with E-state index >= 15 is 0 Å². The van der Waals surface area contributed by atoms with Crippen LogP contribution in [0.15, 0.2) is 24.3 Å². The molecule has 2 aliphatic heterocycles. The highest BCUT2D eigenvalue weighted by Crippen LogP contribution is 2.35. The molecule has 0 aliphatic carbocycles. The van der Waals surface area contributed by atoms with Gasteiger partial charge in [-0.2, -0.15) is 0 Å². The van der Waals surface area contributed by atoms with Gasteiger partial charge in [0.1, 0.15) is 18.0 Å². The van der Waals surface area contributed by atoms with Crippen molar-refractivity contribution in [3.8, 4) is 0 Å². The lowest BCUT2D eigenvalue weighted by Gasteiger charge is -2.25. The first-order valence-corrected chi connectivity index (χ1v) is 11.2. The van der Waals surface area contributed by atoms with Gasteiger partial charge in [-0.25, -0.2) is 0 Å². The number of para-hydroxylation sites is 1. The first kappa shape index (κ1) is 22.3. The Labute approximate surface area is 191 Å². The quantitative estimate of drug-likeness (QED) is 0.576. The van der Waals surface area contributed by atoms with Crippen LogP contribution in [0.2, 0.25) is 5.02 Å². The van der Waals surface area contributed by atoms with Crippen molar-refractivity contribution < 1.29 is 19.2 Å². The van der Waals surface area contributed by atoms with E-state index in [-0.39, 0.29) is 35.5 Å². The summed E-state index contributed by atoms with van der Waals surface area (Å²) < 4.78 is 0. The molecule has 0 saturated carbocycles. The maximum absolute atomic E-state index is 13.4. The number of hydrogen-bond acceptors (Lipinski definition) is 4. The largest absolute Gasteiger partial charge is 0.356 e. The average Bonchev–Trinajstić information content (AvgIpc) is 3.44. The standard InChI is InChI=1S/C23H27ClN4O4/c1-23(2)10-18(21(31)26-15(11-29)8-14-6-7-25-20(14)30)28(12-23)22(32)17-9-13-4-3-5-16(24)19(13)27-17/h3-5,9,11,14-15,18,27H,6-8,10,12H2,1-2H3,(H,25,30)(H,26,31)/t14-,15-,18-/m0/s1. The molecular formula is C23H27ClN4O4. The number of aromatic nitrogens is 1. The number of likely N-dealkylation sites (tertiary alicyclic amines) is 1. The fourth-order valence-electron chi connectivity index (χ4n) is 4.71. The third-order valence-corrected chi connectivity index (χ3v) is 6.63. The zero-order chi connectivity index (χ0) is 23.0. The van der Waals surface area contributed by atoms with Crippen molar-refractivity contribution in [1.82, 2.24) is 20.5 Å². The molecule has 9 heteroatoms. The number of nitrogens with zero attached hydrogens (tertiary/aromatic N) is 1. The van der Waals surface area contributed by atoms with Gasteiger partial charge in [-0.3, -0.25) is 14.4 Å². The molecule has 2 aliphatic rings. The van der Waals surface area contributed by atoms with E-state index < -0.39 is 12.1 Å². The molecule has 3 amide bonds. The van der Waals surface area contributed by atoms with Gasteiger partial charge in [0.15, 0.2) is 0 Å². The summed E-state index contributed by atoms with van der Waals surface area (Å²) in [7, 11) is 0. The Bertz CT molecular complexity index is 1080. The Morgan fingerprint density at radius 1 is 1.38 bits per heavy atom. The number of carbonyl (C=O) groups excluding carboxylic acids is 4. The van der Waals surface area contributed by atoms with Crippen LogP contribution < -0.4 is 10.6 Å². The molecule has 3 atom stereocenters. The number of rotatable bonds is 6. The molecule has 2 saturated heterocycles. The summed E-state index contributed by atoms with van der Waals surface area (Å²) in [6, 6.07) is 5.67. The maximum atomic E-state index is 13.4. The van der Waals surface area contributed by atoms with E-state index in [1.165, 1.54) is 0 Å². The van der Waals surface area contributed by atoms with Crippen molar-refractivity contribution in [2.75, 3.05) is 13.1 Å². The van der Waals surface area contributed by atoms with Crippen LogP contribution in [0.5, 0.6) is 0 Å². The normalized spacial score (nSPS) is 23.2. The lowest BCUT2D eigenvalue weighted by molar-refractivity contribution is -0.128. The number of H-pyrrole nitrogens is 1. The van der Waals surface area contributed by atoms with E-state index in [0.717, 1.165) is 5.39 Å². The average molecular weight is 459 g/mol. The van der Waals surface area contributed by atoms with Gasteiger partial charge in [-0.05, 0) is 36.8 Å². The predicted octanol–water partition coefficient (Wildman–Crippen LogP) is 2.27. The Hall–Kier alpha value is -2.87. The number of carbonyl (C=O) groups is 4. The molecular weight excluding hydrogens is 432 g/mol. The molecule has 3 heterocycles. The van der Waals surface area contributed by atoms with Gasteiger partial charge in [0, 0.05) is 24.4 Å². The first-order chi connectivity index (χ1) is 15.2. The summed E-state index contributed by atoms with van der Waals surface area (Å²) >= 11 is 6.23. The van der Waals surface area contributed by atoms with Crippen LogP contribution >= 0.6 is 11.6 Å². The molecule has 0 unspecified atom stereocenters. The van der Waals surface area contributed by atoms with Crippen molar-refractivity contribution >= 4 is 46.5 Å². The Morgan fingerprint density at radius 2 is 2.16 bits per heavy atom. The third kappa shape index (κ3) is 4.37. The van der Waals surface area contributed by atoms with E-state index in [4.69, 9.17) is 11.6 Å². The Morgan fingerprint density at radius 3 is 2.81 bits per heavy atom. The van der Waals surface area contributed by atoms with Crippen LogP contribution in [0.4, 0.5) is 0 Å². The van der Waals surface area contributed by atoms with Gasteiger partial charge >= 0.3 is 0 Å². The SMILES string of the molecule is CC1(C)C[C@@H](C(=O)N[C@H](C=O)C[C@@H]2CCNC2=O)N(C(=O)c2cc3cccc(Cl)c3[nH]2)C1. The molecule has 170 valence electrons. The minimum atomic E-state index is -0.774. The van der Waals surface area contributed by atoms with Crippen molar-refractivity contribution in [3.05, 3.63) is 35.0 Å². The van der Waals surface area contributed by atoms with Gasteiger partial charge in [0.25, 0.3) is 5.91 Å². The molecule has 2 aromatic rings. The van der Waals surface area contributed by atoms with E-state index in [9.17, 15) is 19.2 Å². The molecule has 2 fully saturated rings. The number of hydrogen-bond donors (Lipinski definition) is 3. The zero-order valence-corrected chi connectivity index (χ0v) is 18.9. The highest BCUT2D eigenvalue weighted by Gasteiger charge is 2.44. The maximum Gasteiger partial charge on any atom is 0.271 e. The smallest absolute Gasteiger partial charge is 0.271 e. The molecule has 0 spiro atoms. The molecule has 3 N–H and O–H groups in total.